The van der Waals surface area contributed by atoms with Gasteiger partial charge in [0.05, 0.1) is 0 Å². The summed E-state index contributed by atoms with van der Waals surface area (Å²) >= 11 is 0. The Labute approximate surface area is 173 Å². The summed E-state index contributed by atoms with van der Waals surface area (Å²) in [6.45, 7) is 9.29. The van der Waals surface area contributed by atoms with Crippen LogP contribution in [0.5, 0.6) is 0 Å². The first-order valence-electron chi connectivity index (χ1n) is 10.4. The molecule has 0 saturated carbocycles. The van der Waals surface area contributed by atoms with Crippen LogP contribution >= 0.6 is 0 Å². The molecule has 0 spiro atoms. The normalized spacial score (nSPS) is 18.7. The molecule has 1 heterocycles. The smallest absolute Gasteiger partial charge is 0.222 e. The number of benzene rings is 1. The van der Waals surface area contributed by atoms with Gasteiger partial charge in [0.15, 0.2) is 11.6 Å². The molecule has 0 bridgehead atoms. The molecular weight excluding hydrogens is 364 g/mol. The van der Waals surface area contributed by atoms with Crippen LogP contribution in [0.4, 0.5) is 0 Å². The second kappa shape index (κ2) is 9.31. The molecule has 29 heavy (non-hydrogen) atoms. The number of nitrogens with zero attached hydrogens (tertiary/aromatic N) is 2. The van der Waals surface area contributed by atoms with Gasteiger partial charge < -0.3 is 4.90 Å². The number of amides is 1. The van der Waals surface area contributed by atoms with Crippen molar-refractivity contribution < 1.29 is 14.4 Å². The Kier molecular flexibility index (Phi) is 6.80. The number of hydrogen-bond donors (Lipinski definition) is 0. The Morgan fingerprint density at radius 3 is 2.14 bits per heavy atom. The number of allylic oxidation sites excluding steroid dienone is 4. The predicted molar refractivity (Wildman–Crippen MR) is 113 cm³/mol. The molecule has 1 aromatic rings. The second-order valence-electron chi connectivity index (χ2n) is 8.01. The summed E-state index contributed by atoms with van der Waals surface area (Å²) in [6, 6.07) is 10.4. The monoisotopic (exact) mass is 394 g/mol. The molecule has 0 radical (unpaired) electrons. The maximum atomic E-state index is 12.6. The zero-order valence-corrected chi connectivity index (χ0v) is 17.7. The van der Waals surface area contributed by atoms with Crippen LogP contribution in [0.1, 0.15) is 45.6 Å². The minimum atomic E-state index is -0.0436. The van der Waals surface area contributed by atoms with Gasteiger partial charge in [0.25, 0.3) is 0 Å². The molecule has 1 amide bonds. The van der Waals surface area contributed by atoms with Crippen LogP contribution in [0.25, 0.3) is 0 Å². The number of carbonyl (C=O) groups is 3. The number of carbonyl (C=O) groups excluding carboxylic acids is 3. The number of piperazine rings is 1. The lowest BCUT2D eigenvalue weighted by atomic mass is 9.84. The van der Waals surface area contributed by atoms with Gasteiger partial charge in [-0.15, -0.1) is 0 Å². The molecule has 1 aliphatic carbocycles. The molecule has 0 N–H and O–H groups in total. The first kappa shape index (κ1) is 21.2. The van der Waals surface area contributed by atoms with E-state index in [0.717, 1.165) is 32.7 Å². The molecule has 1 saturated heterocycles. The first-order chi connectivity index (χ1) is 13.9. The van der Waals surface area contributed by atoms with Crippen molar-refractivity contribution in [1.29, 1.82) is 0 Å². The van der Waals surface area contributed by atoms with E-state index in [1.165, 1.54) is 5.56 Å². The van der Waals surface area contributed by atoms with Crippen LogP contribution in [0.15, 0.2) is 52.6 Å². The van der Waals surface area contributed by atoms with Crippen LogP contribution in [0.3, 0.4) is 0 Å². The molecule has 2 aliphatic rings. The van der Waals surface area contributed by atoms with E-state index in [2.05, 4.69) is 29.2 Å². The summed E-state index contributed by atoms with van der Waals surface area (Å²) in [5.74, 6) is 0.0557. The molecule has 5 heteroatoms. The molecule has 0 aromatic heterocycles. The van der Waals surface area contributed by atoms with Gasteiger partial charge in [-0.3, -0.25) is 19.3 Å². The van der Waals surface area contributed by atoms with Crippen LogP contribution in [-0.4, -0.2) is 53.5 Å². The fraction of sp³-hybridized carbons (Fsp3) is 0.458. The third kappa shape index (κ3) is 4.91. The zero-order valence-electron chi connectivity index (χ0n) is 17.7. The van der Waals surface area contributed by atoms with Gasteiger partial charge in [-0.1, -0.05) is 30.3 Å². The summed E-state index contributed by atoms with van der Waals surface area (Å²) in [4.78, 5) is 41.6. The van der Waals surface area contributed by atoms with Crippen molar-refractivity contribution in [2.75, 3.05) is 26.2 Å². The van der Waals surface area contributed by atoms with Gasteiger partial charge in [-0.05, 0) is 39.2 Å². The van der Waals surface area contributed by atoms with Crippen LogP contribution in [0, 0.1) is 0 Å². The Balaban J connectivity index is 1.45. The van der Waals surface area contributed by atoms with Crippen molar-refractivity contribution in [3.63, 3.8) is 0 Å². The van der Waals surface area contributed by atoms with E-state index >= 15 is 0 Å². The topological polar surface area (TPSA) is 57.7 Å². The van der Waals surface area contributed by atoms with Crippen molar-refractivity contribution >= 4 is 17.5 Å². The summed E-state index contributed by atoms with van der Waals surface area (Å²) < 4.78 is 0. The Morgan fingerprint density at radius 2 is 1.48 bits per heavy atom. The average Bonchev–Trinajstić information content (AvgIpc) is 2.74. The fourth-order valence-electron chi connectivity index (χ4n) is 4.03. The highest BCUT2D eigenvalue weighted by atomic mass is 16.2. The minimum absolute atomic E-state index is 0.0402. The number of rotatable bonds is 6. The molecule has 5 nitrogen and oxygen atoms in total. The number of ketones is 2. The summed E-state index contributed by atoms with van der Waals surface area (Å²) in [5.41, 5.74) is 3.50. The molecule has 1 aromatic carbocycles. The van der Waals surface area contributed by atoms with E-state index in [1.807, 2.05) is 11.0 Å². The second-order valence-corrected chi connectivity index (χ2v) is 8.01. The lowest BCUT2D eigenvalue weighted by Gasteiger charge is -2.35. The molecule has 3 rings (SSSR count). The summed E-state index contributed by atoms with van der Waals surface area (Å²) in [5, 5.41) is 0. The first-order valence-corrected chi connectivity index (χ1v) is 10.4. The van der Waals surface area contributed by atoms with Gasteiger partial charge in [0.1, 0.15) is 0 Å². The third-order valence-corrected chi connectivity index (χ3v) is 6.10. The van der Waals surface area contributed by atoms with Gasteiger partial charge >= 0.3 is 0 Å². The van der Waals surface area contributed by atoms with Gasteiger partial charge in [-0.2, -0.15) is 0 Å². The fourth-order valence-corrected chi connectivity index (χ4v) is 4.03. The molecule has 0 unspecified atom stereocenters. The molecule has 1 aliphatic heterocycles. The van der Waals surface area contributed by atoms with E-state index in [1.54, 1.807) is 20.8 Å². The average molecular weight is 395 g/mol. The van der Waals surface area contributed by atoms with E-state index < -0.39 is 0 Å². The maximum Gasteiger partial charge on any atom is 0.222 e. The van der Waals surface area contributed by atoms with E-state index in [9.17, 15) is 14.4 Å². The predicted octanol–water partition coefficient (Wildman–Crippen LogP) is 3.31. The van der Waals surface area contributed by atoms with Crippen LogP contribution in [0.2, 0.25) is 0 Å². The van der Waals surface area contributed by atoms with Crippen LogP contribution in [-0.2, 0) is 20.9 Å². The maximum absolute atomic E-state index is 12.6. The van der Waals surface area contributed by atoms with E-state index in [4.69, 9.17) is 0 Å². The summed E-state index contributed by atoms with van der Waals surface area (Å²) in [6.07, 6.45) is 1.50. The van der Waals surface area contributed by atoms with E-state index in [-0.39, 0.29) is 17.5 Å². The third-order valence-electron chi connectivity index (χ3n) is 6.10. The molecule has 0 atom stereocenters. The molecule has 154 valence electrons. The Hall–Kier alpha value is -2.53. The largest absolute Gasteiger partial charge is 0.340 e. The quantitative estimate of drug-likeness (QED) is 0.695. The van der Waals surface area contributed by atoms with Crippen molar-refractivity contribution in [2.45, 2.75) is 46.6 Å². The van der Waals surface area contributed by atoms with Gasteiger partial charge in [0, 0.05) is 61.4 Å². The molecule has 1 fully saturated rings. The highest BCUT2D eigenvalue weighted by Crippen LogP contribution is 2.27. The van der Waals surface area contributed by atoms with Crippen molar-refractivity contribution in [3.8, 4) is 0 Å². The Bertz CT molecular complexity index is 859. The lowest BCUT2D eigenvalue weighted by molar-refractivity contribution is -0.133. The minimum Gasteiger partial charge on any atom is -0.340 e. The highest BCUT2D eigenvalue weighted by molar-refractivity contribution is 6.24. The van der Waals surface area contributed by atoms with Gasteiger partial charge in [-0.25, -0.2) is 0 Å². The van der Waals surface area contributed by atoms with Crippen molar-refractivity contribution in [1.82, 2.24) is 9.80 Å². The Morgan fingerprint density at radius 1 is 0.862 bits per heavy atom. The van der Waals surface area contributed by atoms with Gasteiger partial charge in [0.2, 0.25) is 5.91 Å². The lowest BCUT2D eigenvalue weighted by Crippen LogP contribution is -2.48. The standard InChI is InChI=1S/C24H30N2O3/c1-17-18(2)24(29)21(19(3)23(17)28)10-7-11-22(27)26-14-12-25(13-15-26)16-20-8-5-4-6-9-20/h4-6,8-9H,7,10-16H2,1-3H3. The number of hydrogen-bond acceptors (Lipinski definition) is 4. The van der Waals surface area contributed by atoms with Crippen molar-refractivity contribution in [3.05, 3.63) is 58.2 Å². The van der Waals surface area contributed by atoms with E-state index in [0.29, 0.717) is 41.6 Å². The SMILES string of the molecule is CC1=C(C)C(=O)C(CCCC(=O)N2CCN(Cc3ccccc3)CC2)=C(C)C1=O. The number of Topliss-reactive ketones (excluding diaryl/α,β-unsaturated/α-hetero) is 2. The van der Waals surface area contributed by atoms with Crippen LogP contribution < -0.4 is 0 Å². The molecular formula is C24H30N2O3. The zero-order chi connectivity index (χ0) is 21.0. The van der Waals surface area contributed by atoms with Crippen molar-refractivity contribution in [2.24, 2.45) is 0 Å². The highest BCUT2D eigenvalue weighted by Gasteiger charge is 2.28. The summed E-state index contributed by atoms with van der Waals surface area (Å²) in [7, 11) is 0.